The van der Waals surface area contributed by atoms with Crippen molar-refractivity contribution in [2.24, 2.45) is 0 Å². The Bertz CT molecular complexity index is 537. The molecule has 0 spiro atoms. The van der Waals surface area contributed by atoms with E-state index in [9.17, 15) is 4.79 Å². The van der Waals surface area contributed by atoms with Gasteiger partial charge in [-0.1, -0.05) is 33.2 Å². The highest BCUT2D eigenvalue weighted by Gasteiger charge is 2.16. The van der Waals surface area contributed by atoms with Crippen LogP contribution in [-0.2, 0) is 11.2 Å². The van der Waals surface area contributed by atoms with Crippen molar-refractivity contribution in [3.63, 3.8) is 0 Å². The first-order valence-corrected chi connectivity index (χ1v) is 6.22. The summed E-state index contributed by atoms with van der Waals surface area (Å²) in [4.78, 5) is 15.3. The normalized spacial score (nSPS) is 10.3. The van der Waals surface area contributed by atoms with Crippen molar-refractivity contribution in [1.82, 2.24) is 10.1 Å². The molecule has 0 atom stereocenters. The van der Waals surface area contributed by atoms with Crippen molar-refractivity contribution in [1.29, 1.82) is 0 Å². The number of carbonyl (C=O) groups excluding carboxylic acids is 1. The lowest BCUT2D eigenvalue weighted by Gasteiger charge is -1.96. The largest absolute Gasteiger partial charge is 0.459 e. The van der Waals surface area contributed by atoms with E-state index in [0.29, 0.717) is 12.2 Å². The summed E-state index contributed by atoms with van der Waals surface area (Å²) in [5.74, 6) is -0.239. The Hall–Kier alpha value is -1.69. The van der Waals surface area contributed by atoms with Crippen LogP contribution >= 0.6 is 15.9 Å². The Kier molecular flexibility index (Phi) is 4.09. The van der Waals surface area contributed by atoms with Gasteiger partial charge in [0.2, 0.25) is 0 Å². The number of esters is 1. The topological polar surface area (TPSA) is 65.2 Å². The number of nitrogens with zero attached hydrogens (tertiary/aromatic N) is 2. The first kappa shape index (κ1) is 12.8. The minimum Gasteiger partial charge on any atom is -0.459 e. The summed E-state index contributed by atoms with van der Waals surface area (Å²) in [5.41, 5.74) is 1.04. The van der Waals surface area contributed by atoms with Crippen LogP contribution in [0.5, 0.6) is 0 Å². The maximum atomic E-state index is 11.3. The third kappa shape index (κ3) is 3.16. The molecule has 6 heteroatoms. The van der Waals surface area contributed by atoms with Crippen LogP contribution < -0.4 is 0 Å². The lowest BCUT2D eigenvalue weighted by Crippen LogP contribution is -2.05. The maximum absolute atomic E-state index is 11.3. The zero-order valence-corrected chi connectivity index (χ0v) is 11.3. The molecule has 0 bridgehead atoms. The molecule has 1 aromatic carbocycles. The molecule has 0 aliphatic carbocycles. The minimum absolute atomic E-state index is 0.107. The Balaban J connectivity index is 2.06. The Labute approximate surface area is 112 Å². The molecule has 94 valence electrons. The van der Waals surface area contributed by atoms with Crippen LogP contribution in [0.4, 0.5) is 0 Å². The predicted octanol–water partition coefficient (Wildman–Crippen LogP) is 2.60. The highest BCUT2D eigenvalue weighted by atomic mass is 79.9. The van der Waals surface area contributed by atoms with E-state index in [4.69, 9.17) is 9.26 Å². The molecule has 0 aliphatic heterocycles. The summed E-state index contributed by atoms with van der Waals surface area (Å²) in [6, 6.07) is 7.76. The summed E-state index contributed by atoms with van der Waals surface area (Å²) >= 11 is 3.36. The summed E-state index contributed by atoms with van der Waals surface area (Å²) in [5, 5.41) is 3.74. The molecule has 0 aliphatic rings. The summed E-state index contributed by atoms with van der Waals surface area (Å²) in [6.07, 6.45) is 0.510. The van der Waals surface area contributed by atoms with Crippen LogP contribution in [0.25, 0.3) is 0 Å². The third-order valence-electron chi connectivity index (χ3n) is 2.19. The quantitative estimate of drug-likeness (QED) is 0.812. The predicted molar refractivity (Wildman–Crippen MR) is 67.2 cm³/mol. The van der Waals surface area contributed by atoms with Crippen molar-refractivity contribution >= 4 is 21.9 Å². The van der Waals surface area contributed by atoms with Crippen molar-refractivity contribution in [2.45, 2.75) is 13.3 Å². The first-order chi connectivity index (χ1) is 8.69. The number of halogens is 1. The first-order valence-electron chi connectivity index (χ1n) is 5.43. The number of hydrogen-bond donors (Lipinski definition) is 0. The SMILES string of the molecule is CCOC(=O)c1nc(Cc2ccc(Br)cc2)no1. The van der Waals surface area contributed by atoms with E-state index >= 15 is 0 Å². The van der Waals surface area contributed by atoms with E-state index in [1.807, 2.05) is 24.3 Å². The second kappa shape index (κ2) is 5.77. The molecular formula is C12H11BrN2O3. The van der Waals surface area contributed by atoms with Crippen LogP contribution in [0.1, 0.15) is 29.0 Å². The molecule has 2 rings (SSSR count). The zero-order valence-electron chi connectivity index (χ0n) is 9.72. The highest BCUT2D eigenvalue weighted by Crippen LogP contribution is 2.13. The van der Waals surface area contributed by atoms with Gasteiger partial charge >= 0.3 is 11.9 Å². The van der Waals surface area contributed by atoms with Crippen LogP contribution in [0, 0.1) is 0 Å². The number of ether oxygens (including phenoxy) is 1. The van der Waals surface area contributed by atoms with Crippen LogP contribution in [0.3, 0.4) is 0 Å². The molecular weight excluding hydrogens is 300 g/mol. The average molecular weight is 311 g/mol. The third-order valence-corrected chi connectivity index (χ3v) is 2.72. The summed E-state index contributed by atoms with van der Waals surface area (Å²) in [7, 11) is 0. The molecule has 18 heavy (non-hydrogen) atoms. The van der Waals surface area contributed by atoms with Gasteiger partial charge in [0.15, 0.2) is 5.82 Å². The van der Waals surface area contributed by atoms with Gasteiger partial charge in [0, 0.05) is 10.9 Å². The molecule has 0 N–H and O–H groups in total. The van der Waals surface area contributed by atoms with E-state index in [1.165, 1.54) is 0 Å². The molecule has 0 unspecified atom stereocenters. The lowest BCUT2D eigenvalue weighted by molar-refractivity contribution is 0.0470. The fourth-order valence-corrected chi connectivity index (χ4v) is 1.65. The highest BCUT2D eigenvalue weighted by molar-refractivity contribution is 9.10. The smallest absolute Gasteiger partial charge is 0.397 e. The van der Waals surface area contributed by atoms with E-state index in [1.54, 1.807) is 6.92 Å². The second-order valence-corrected chi connectivity index (χ2v) is 4.46. The Morgan fingerprint density at radius 1 is 1.39 bits per heavy atom. The molecule has 0 saturated heterocycles. The number of carbonyl (C=O) groups is 1. The van der Waals surface area contributed by atoms with Crippen LogP contribution in [-0.4, -0.2) is 22.7 Å². The van der Waals surface area contributed by atoms with Gasteiger partial charge in [0.25, 0.3) is 0 Å². The second-order valence-electron chi connectivity index (χ2n) is 3.54. The van der Waals surface area contributed by atoms with Gasteiger partial charge in [0.1, 0.15) is 0 Å². The minimum atomic E-state index is -0.591. The molecule has 2 aromatic rings. The van der Waals surface area contributed by atoms with E-state index in [-0.39, 0.29) is 12.5 Å². The van der Waals surface area contributed by atoms with Gasteiger partial charge in [-0.3, -0.25) is 0 Å². The van der Waals surface area contributed by atoms with Gasteiger partial charge in [0.05, 0.1) is 6.61 Å². The molecule has 0 saturated carbocycles. The number of benzene rings is 1. The summed E-state index contributed by atoms with van der Waals surface area (Å²) in [6.45, 7) is 2.00. The van der Waals surface area contributed by atoms with Crippen molar-refractivity contribution < 1.29 is 14.1 Å². The molecule has 5 nitrogen and oxygen atoms in total. The number of aromatic nitrogens is 2. The molecule has 1 aromatic heterocycles. The standard InChI is InChI=1S/C12H11BrN2O3/c1-2-17-12(16)11-14-10(15-18-11)7-8-3-5-9(13)6-4-8/h3-6H,2,7H2,1H3. The number of rotatable bonds is 4. The van der Waals surface area contributed by atoms with Crippen molar-refractivity contribution in [2.75, 3.05) is 6.61 Å². The van der Waals surface area contributed by atoms with Crippen molar-refractivity contribution in [3.05, 3.63) is 46.0 Å². The fourth-order valence-electron chi connectivity index (χ4n) is 1.39. The molecule has 0 fully saturated rings. The van der Waals surface area contributed by atoms with E-state index in [0.717, 1.165) is 10.0 Å². The lowest BCUT2D eigenvalue weighted by atomic mass is 10.1. The Morgan fingerprint density at radius 2 is 2.11 bits per heavy atom. The van der Waals surface area contributed by atoms with Gasteiger partial charge < -0.3 is 9.26 Å². The van der Waals surface area contributed by atoms with Gasteiger partial charge in [-0.15, -0.1) is 0 Å². The molecule has 0 radical (unpaired) electrons. The molecule has 0 amide bonds. The maximum Gasteiger partial charge on any atom is 0.397 e. The van der Waals surface area contributed by atoms with Crippen LogP contribution in [0.2, 0.25) is 0 Å². The summed E-state index contributed by atoms with van der Waals surface area (Å²) < 4.78 is 10.6. The van der Waals surface area contributed by atoms with Crippen LogP contribution in [0.15, 0.2) is 33.3 Å². The van der Waals surface area contributed by atoms with E-state index in [2.05, 4.69) is 26.1 Å². The monoisotopic (exact) mass is 310 g/mol. The fraction of sp³-hybridized carbons (Fsp3) is 0.250. The van der Waals surface area contributed by atoms with Crippen molar-refractivity contribution in [3.8, 4) is 0 Å². The van der Waals surface area contributed by atoms with Gasteiger partial charge in [-0.05, 0) is 24.6 Å². The molecule has 1 heterocycles. The van der Waals surface area contributed by atoms with E-state index < -0.39 is 5.97 Å². The van der Waals surface area contributed by atoms with Gasteiger partial charge in [-0.25, -0.2) is 4.79 Å². The number of hydrogen-bond acceptors (Lipinski definition) is 5. The van der Waals surface area contributed by atoms with Gasteiger partial charge in [-0.2, -0.15) is 4.98 Å². The average Bonchev–Trinajstić information content (AvgIpc) is 2.81. The zero-order chi connectivity index (χ0) is 13.0. The Morgan fingerprint density at radius 3 is 2.78 bits per heavy atom.